The van der Waals surface area contributed by atoms with Crippen molar-refractivity contribution in [3.05, 3.63) is 122 Å². The van der Waals surface area contributed by atoms with E-state index in [-0.39, 0.29) is 63.9 Å². The molecule has 14 heteroatoms. The lowest BCUT2D eigenvalue weighted by Gasteiger charge is -2.44. The Kier molecular flexibility index (Phi) is 11.2. The van der Waals surface area contributed by atoms with Gasteiger partial charge in [0.05, 0.1) is 30.8 Å². The Balaban J connectivity index is 1.64. The number of hydrogen-bond donors (Lipinski definition) is 9. The van der Waals surface area contributed by atoms with Crippen molar-refractivity contribution in [2.75, 3.05) is 19.8 Å². The SMILES string of the molecule is CC=C(CO)C(=O)OC1Cc2c(c(C(C3=CCNC(N)=C3)C(CO)c3cccc(O)c3)c3oc(CO)cc(=O)c3c2O)OC1(C)CCC1=CNC(N)C=C1. The number of aliphatic hydroxyl groups is 3. The van der Waals surface area contributed by atoms with Crippen LogP contribution < -0.4 is 32.3 Å². The molecular weight excluding hydrogens is 696 g/mol. The Morgan fingerprint density at radius 2 is 2.00 bits per heavy atom. The van der Waals surface area contributed by atoms with Gasteiger partial charge in [0.25, 0.3) is 0 Å². The molecule has 0 fully saturated rings. The van der Waals surface area contributed by atoms with Gasteiger partial charge in [-0.3, -0.25) is 4.79 Å². The molecule has 54 heavy (non-hydrogen) atoms. The zero-order valence-electron chi connectivity index (χ0n) is 30.0. The van der Waals surface area contributed by atoms with Gasteiger partial charge in [-0.05, 0) is 67.7 Å². The number of rotatable bonds is 12. The third kappa shape index (κ3) is 7.46. The van der Waals surface area contributed by atoms with Crippen LogP contribution in [0.4, 0.5) is 0 Å². The molecule has 3 aliphatic heterocycles. The van der Waals surface area contributed by atoms with Crippen molar-refractivity contribution < 1.29 is 44.2 Å². The lowest BCUT2D eigenvalue weighted by molar-refractivity contribution is -0.159. The number of esters is 1. The maximum Gasteiger partial charge on any atom is 0.336 e. The third-order valence-electron chi connectivity index (χ3n) is 10.3. The predicted octanol–water partition coefficient (Wildman–Crippen LogP) is 2.54. The molecule has 0 aliphatic carbocycles. The Labute approximate surface area is 311 Å². The lowest BCUT2D eigenvalue weighted by Crippen LogP contribution is -2.52. The fraction of sp³-hybridized carbons (Fsp3) is 0.350. The van der Waals surface area contributed by atoms with Gasteiger partial charge >= 0.3 is 5.97 Å². The monoisotopic (exact) mass is 742 g/mol. The first-order valence-corrected chi connectivity index (χ1v) is 17.7. The zero-order valence-corrected chi connectivity index (χ0v) is 30.0. The number of ether oxygens (including phenoxy) is 2. The summed E-state index contributed by atoms with van der Waals surface area (Å²) >= 11 is 0. The molecule has 0 saturated heterocycles. The Bertz CT molecular complexity index is 2150. The molecule has 0 radical (unpaired) electrons. The summed E-state index contributed by atoms with van der Waals surface area (Å²) in [4.78, 5) is 27.2. The summed E-state index contributed by atoms with van der Waals surface area (Å²) in [6.45, 7) is 2.06. The van der Waals surface area contributed by atoms with E-state index in [0.29, 0.717) is 29.9 Å². The Hall–Kier alpha value is -5.54. The molecule has 2 aromatic carbocycles. The molecule has 11 N–H and O–H groups in total. The number of nitrogens with two attached hydrogens (primary N) is 2. The molecule has 14 nitrogen and oxygen atoms in total. The van der Waals surface area contributed by atoms with Gasteiger partial charge in [-0.15, -0.1) is 0 Å². The minimum absolute atomic E-state index is 0.0269. The highest BCUT2D eigenvalue weighted by molar-refractivity contribution is 5.92. The highest BCUT2D eigenvalue weighted by Gasteiger charge is 2.48. The van der Waals surface area contributed by atoms with Crippen LogP contribution in [0.5, 0.6) is 17.2 Å². The van der Waals surface area contributed by atoms with E-state index < -0.39 is 60.5 Å². The minimum atomic E-state index is -1.30. The summed E-state index contributed by atoms with van der Waals surface area (Å²) in [6, 6.07) is 7.51. The van der Waals surface area contributed by atoms with Gasteiger partial charge in [-0.1, -0.05) is 30.4 Å². The van der Waals surface area contributed by atoms with Crippen LogP contribution in [0.3, 0.4) is 0 Å². The Morgan fingerprint density at radius 1 is 1.20 bits per heavy atom. The number of hydrogen-bond acceptors (Lipinski definition) is 14. The molecule has 0 amide bonds. The van der Waals surface area contributed by atoms with Crippen molar-refractivity contribution in [1.82, 2.24) is 10.6 Å². The van der Waals surface area contributed by atoms with Crippen molar-refractivity contribution in [2.45, 2.75) is 69.4 Å². The van der Waals surface area contributed by atoms with Crippen LogP contribution in [0.25, 0.3) is 11.0 Å². The summed E-state index contributed by atoms with van der Waals surface area (Å²) in [5.74, 6) is -2.56. The number of fused-ring (bicyclic) bond motifs is 2. The van der Waals surface area contributed by atoms with Gasteiger partial charge in [-0.25, -0.2) is 4.79 Å². The van der Waals surface area contributed by atoms with Crippen LogP contribution in [-0.4, -0.2) is 69.1 Å². The van der Waals surface area contributed by atoms with Gasteiger partial charge in [0.1, 0.15) is 52.3 Å². The standard InChI is InChI=1S/C40H46N4O10/c1-3-22(18-45)39(51)53-30-16-27-36(50)34-29(49)15-26(19-46)52-38(34)35(37(27)54-40(30,2)11-9-21-7-8-31(41)44-17-21)33(24-10-12-43-32(42)14-24)28(20-47)23-5-4-6-25(48)13-23/h3-8,10,13-15,17,28,30-31,33,43-48,50H,9,11-12,16,18-20,41-42H2,1-2H3. The van der Waals surface area contributed by atoms with E-state index >= 15 is 0 Å². The van der Waals surface area contributed by atoms with Gasteiger partial charge in [0.15, 0.2) is 5.43 Å². The van der Waals surface area contributed by atoms with Crippen molar-refractivity contribution in [3.63, 3.8) is 0 Å². The van der Waals surface area contributed by atoms with Gasteiger partial charge in [0.2, 0.25) is 0 Å². The number of aliphatic hydroxyl groups excluding tert-OH is 3. The third-order valence-corrected chi connectivity index (χ3v) is 10.3. The second kappa shape index (κ2) is 15.8. The lowest BCUT2D eigenvalue weighted by atomic mass is 9.73. The molecule has 3 aliphatic rings. The number of aromatic hydroxyl groups is 2. The zero-order chi connectivity index (χ0) is 38.7. The van der Waals surface area contributed by atoms with Gasteiger partial charge in [0, 0.05) is 48.2 Å². The molecule has 3 aromatic rings. The first kappa shape index (κ1) is 38.2. The number of nitrogens with one attached hydrogen (secondary N) is 2. The molecule has 5 unspecified atom stereocenters. The first-order chi connectivity index (χ1) is 25.9. The van der Waals surface area contributed by atoms with Crippen LogP contribution in [0.1, 0.15) is 61.0 Å². The number of carbonyl (C=O) groups is 1. The minimum Gasteiger partial charge on any atom is -0.508 e. The summed E-state index contributed by atoms with van der Waals surface area (Å²) < 4.78 is 19.3. The predicted molar refractivity (Wildman–Crippen MR) is 200 cm³/mol. The Morgan fingerprint density at radius 3 is 2.65 bits per heavy atom. The van der Waals surface area contributed by atoms with E-state index in [9.17, 15) is 35.1 Å². The van der Waals surface area contributed by atoms with E-state index in [1.165, 1.54) is 18.2 Å². The molecule has 0 bridgehead atoms. The van der Waals surface area contributed by atoms with Gasteiger partial charge in [-0.2, -0.15) is 0 Å². The largest absolute Gasteiger partial charge is 0.508 e. The summed E-state index contributed by atoms with van der Waals surface area (Å²) in [7, 11) is 0. The van der Waals surface area contributed by atoms with E-state index in [1.54, 1.807) is 38.3 Å². The van der Waals surface area contributed by atoms with E-state index in [2.05, 4.69) is 10.6 Å². The van der Waals surface area contributed by atoms with Crippen LogP contribution in [-0.2, 0) is 22.6 Å². The summed E-state index contributed by atoms with van der Waals surface area (Å²) in [5, 5.41) is 59.6. The van der Waals surface area contributed by atoms with E-state index in [1.807, 2.05) is 18.2 Å². The normalized spacial score (nSPS) is 22.1. The molecule has 286 valence electrons. The summed E-state index contributed by atoms with van der Waals surface area (Å²) in [6.07, 6.45) is 9.72. The molecule has 0 spiro atoms. The average Bonchev–Trinajstić information content (AvgIpc) is 3.15. The van der Waals surface area contributed by atoms with Crippen LogP contribution in [0.2, 0.25) is 0 Å². The number of carbonyl (C=O) groups excluding carboxylic acids is 1. The van der Waals surface area contributed by atoms with E-state index in [4.69, 9.17) is 25.4 Å². The summed E-state index contributed by atoms with van der Waals surface area (Å²) in [5.41, 5.74) is 12.7. The molecule has 6 rings (SSSR count). The number of phenols is 2. The quantitative estimate of drug-likeness (QED) is 0.0957. The van der Waals surface area contributed by atoms with Crippen LogP contribution >= 0.6 is 0 Å². The van der Waals surface area contributed by atoms with Gasteiger partial charge < -0.3 is 61.5 Å². The van der Waals surface area contributed by atoms with Crippen LogP contribution in [0, 0.1) is 0 Å². The molecule has 5 atom stereocenters. The van der Waals surface area contributed by atoms with Crippen molar-refractivity contribution >= 4 is 16.9 Å². The smallest absolute Gasteiger partial charge is 0.336 e. The highest BCUT2D eigenvalue weighted by Crippen LogP contribution is 2.54. The average molecular weight is 743 g/mol. The fourth-order valence-electron chi connectivity index (χ4n) is 7.34. The molecule has 4 heterocycles. The van der Waals surface area contributed by atoms with Crippen molar-refractivity contribution in [3.8, 4) is 17.2 Å². The first-order valence-electron chi connectivity index (χ1n) is 17.7. The maximum absolute atomic E-state index is 13.8. The molecule has 1 aromatic heterocycles. The highest BCUT2D eigenvalue weighted by atomic mass is 16.6. The number of dihydropyridines is 2. The maximum atomic E-state index is 13.8. The van der Waals surface area contributed by atoms with Crippen LogP contribution in [0.15, 0.2) is 98.7 Å². The number of phenolic OH excluding ortho intramolecular Hbond substituents is 2. The fourth-order valence-corrected chi connectivity index (χ4v) is 7.34. The molecule has 0 saturated carbocycles. The second-order valence-electron chi connectivity index (χ2n) is 13.8. The van der Waals surface area contributed by atoms with Crippen molar-refractivity contribution in [2.24, 2.45) is 11.5 Å². The van der Waals surface area contributed by atoms with Crippen molar-refractivity contribution in [1.29, 1.82) is 0 Å². The number of allylic oxidation sites excluding steroid dienone is 5. The second-order valence-corrected chi connectivity index (χ2v) is 13.8. The topological polar surface area (TPSA) is 243 Å². The van der Waals surface area contributed by atoms with E-state index in [0.717, 1.165) is 11.6 Å². The number of benzene rings is 2. The molecular formula is C40H46N4O10.